The van der Waals surface area contributed by atoms with Gasteiger partial charge in [-0.1, -0.05) is 0 Å². The van der Waals surface area contributed by atoms with Crippen LogP contribution in [0.25, 0.3) is 0 Å². The molecule has 1 aromatic heterocycles. The highest BCUT2D eigenvalue weighted by Gasteiger charge is 2.56. The third-order valence-electron chi connectivity index (χ3n) is 6.45. The summed E-state index contributed by atoms with van der Waals surface area (Å²) < 4.78 is 0. The van der Waals surface area contributed by atoms with E-state index in [1.807, 2.05) is 0 Å². The molecule has 5 saturated carbocycles. The maximum absolute atomic E-state index is 3.99. The van der Waals surface area contributed by atoms with E-state index in [9.17, 15) is 0 Å². The first-order chi connectivity index (χ1) is 9.32. The summed E-state index contributed by atoms with van der Waals surface area (Å²) in [5, 5.41) is 3.99. The molecule has 2 N–H and O–H groups in total. The molecule has 0 aliphatic heterocycles. The molecule has 0 radical (unpaired) electrons. The zero-order chi connectivity index (χ0) is 12.4. The van der Waals surface area contributed by atoms with Gasteiger partial charge in [-0.3, -0.25) is 0 Å². The normalized spacial score (nSPS) is 47.8. The molecule has 2 unspecified atom stereocenters. The molecule has 6 rings (SSSR count). The molecule has 102 valence electrons. The van der Waals surface area contributed by atoms with Crippen molar-refractivity contribution in [2.75, 3.05) is 0 Å². The van der Waals surface area contributed by atoms with Gasteiger partial charge in [0.15, 0.2) is 0 Å². The topological polar surface area (TPSA) is 27.8 Å². The molecule has 2 heteroatoms. The Labute approximate surface area is 115 Å². The van der Waals surface area contributed by atoms with E-state index in [0.29, 0.717) is 5.41 Å². The van der Waals surface area contributed by atoms with Gasteiger partial charge in [0.25, 0.3) is 0 Å². The van der Waals surface area contributed by atoms with E-state index >= 15 is 0 Å². The molecule has 2 atom stereocenters. The minimum atomic E-state index is 0.516. The minimum absolute atomic E-state index is 0.516. The van der Waals surface area contributed by atoms with Crippen LogP contribution in [0.3, 0.4) is 0 Å². The predicted molar refractivity (Wildman–Crippen MR) is 76.0 cm³/mol. The Balaban J connectivity index is 1.47. The summed E-state index contributed by atoms with van der Waals surface area (Å²) in [4.78, 5) is 3.54. The SMILES string of the molecule is c1c[nH]c(C23CC4CC(C2)C(NC2CC2)C(C4)C3)c1. The van der Waals surface area contributed by atoms with Crippen LogP contribution >= 0.6 is 0 Å². The molecule has 1 aromatic rings. The molecule has 0 saturated heterocycles. The summed E-state index contributed by atoms with van der Waals surface area (Å²) in [5.74, 6) is 2.92. The summed E-state index contributed by atoms with van der Waals surface area (Å²) in [6, 6.07) is 6.26. The van der Waals surface area contributed by atoms with Crippen molar-refractivity contribution >= 4 is 0 Å². The van der Waals surface area contributed by atoms with Gasteiger partial charge < -0.3 is 10.3 Å². The van der Waals surface area contributed by atoms with Gasteiger partial charge in [0.05, 0.1) is 0 Å². The quantitative estimate of drug-likeness (QED) is 0.854. The van der Waals surface area contributed by atoms with Crippen LogP contribution in [0.4, 0.5) is 0 Å². The molecule has 5 aliphatic carbocycles. The highest BCUT2D eigenvalue weighted by atomic mass is 15.0. The van der Waals surface area contributed by atoms with E-state index in [1.54, 1.807) is 0 Å². The fraction of sp³-hybridized carbons (Fsp3) is 0.765. The molecule has 1 heterocycles. The summed E-state index contributed by atoms with van der Waals surface area (Å²) in [7, 11) is 0. The third kappa shape index (κ3) is 1.59. The summed E-state index contributed by atoms with van der Waals surface area (Å²) in [5.41, 5.74) is 2.05. The number of H-pyrrole nitrogens is 1. The van der Waals surface area contributed by atoms with E-state index in [4.69, 9.17) is 0 Å². The Bertz CT molecular complexity index is 457. The van der Waals surface area contributed by atoms with Crippen molar-refractivity contribution in [2.24, 2.45) is 17.8 Å². The second kappa shape index (κ2) is 3.66. The average Bonchev–Trinajstić information content (AvgIpc) is 3.02. The largest absolute Gasteiger partial charge is 0.365 e. The number of hydrogen-bond acceptors (Lipinski definition) is 1. The first kappa shape index (κ1) is 11.0. The Morgan fingerprint density at radius 1 is 1.11 bits per heavy atom. The standard InChI is InChI=1S/C17H24N2/c1-2-15(18-5-1)17-8-11-6-12(9-17)16(13(7-11)10-17)19-14-3-4-14/h1-2,5,11-14,16,18-19H,3-4,6-10H2. The fourth-order valence-electron chi connectivity index (χ4n) is 5.81. The van der Waals surface area contributed by atoms with Gasteiger partial charge in [0.1, 0.15) is 0 Å². The summed E-state index contributed by atoms with van der Waals surface area (Å²) in [6.45, 7) is 0. The van der Waals surface area contributed by atoms with Crippen LogP contribution in [0.5, 0.6) is 0 Å². The fourth-order valence-corrected chi connectivity index (χ4v) is 5.81. The van der Waals surface area contributed by atoms with Crippen LogP contribution in [-0.4, -0.2) is 17.1 Å². The number of nitrogens with one attached hydrogen (secondary N) is 2. The van der Waals surface area contributed by atoms with Gasteiger partial charge in [-0.2, -0.15) is 0 Å². The Morgan fingerprint density at radius 2 is 1.89 bits per heavy atom. The van der Waals surface area contributed by atoms with Gasteiger partial charge in [0, 0.05) is 29.4 Å². The number of aromatic amines is 1. The van der Waals surface area contributed by atoms with Crippen molar-refractivity contribution in [3.8, 4) is 0 Å². The van der Waals surface area contributed by atoms with Crippen molar-refractivity contribution in [1.29, 1.82) is 0 Å². The lowest BCUT2D eigenvalue weighted by molar-refractivity contribution is -0.0370. The van der Waals surface area contributed by atoms with E-state index in [2.05, 4.69) is 28.6 Å². The van der Waals surface area contributed by atoms with Crippen molar-refractivity contribution in [3.05, 3.63) is 24.0 Å². The predicted octanol–water partition coefficient (Wildman–Crippen LogP) is 3.21. The van der Waals surface area contributed by atoms with Crippen LogP contribution in [0, 0.1) is 17.8 Å². The highest BCUT2D eigenvalue weighted by Crippen LogP contribution is 2.60. The zero-order valence-electron chi connectivity index (χ0n) is 11.6. The van der Waals surface area contributed by atoms with Crippen LogP contribution in [-0.2, 0) is 5.41 Å². The molecule has 2 nitrogen and oxygen atoms in total. The molecular weight excluding hydrogens is 232 g/mol. The first-order valence-electron chi connectivity index (χ1n) is 8.22. The molecule has 0 spiro atoms. The smallest absolute Gasteiger partial charge is 0.0210 e. The van der Waals surface area contributed by atoms with Gasteiger partial charge in [-0.05, 0) is 74.8 Å². The minimum Gasteiger partial charge on any atom is -0.365 e. The lowest BCUT2D eigenvalue weighted by Gasteiger charge is -2.60. The van der Waals surface area contributed by atoms with E-state index in [1.165, 1.54) is 50.6 Å². The van der Waals surface area contributed by atoms with Crippen LogP contribution in [0.15, 0.2) is 18.3 Å². The zero-order valence-corrected chi connectivity index (χ0v) is 11.6. The second-order valence-electron chi connectivity index (χ2n) is 7.80. The summed E-state index contributed by atoms with van der Waals surface area (Å²) >= 11 is 0. The van der Waals surface area contributed by atoms with E-state index in [0.717, 1.165) is 29.8 Å². The van der Waals surface area contributed by atoms with Crippen LogP contribution < -0.4 is 5.32 Å². The molecule has 0 amide bonds. The molecule has 19 heavy (non-hydrogen) atoms. The Hall–Kier alpha value is -0.760. The molecular formula is C17H24N2. The van der Waals surface area contributed by atoms with Crippen molar-refractivity contribution in [1.82, 2.24) is 10.3 Å². The molecule has 5 aliphatic rings. The molecule has 0 aromatic carbocycles. The van der Waals surface area contributed by atoms with Crippen molar-refractivity contribution in [2.45, 2.75) is 62.4 Å². The van der Waals surface area contributed by atoms with Gasteiger partial charge in [-0.25, -0.2) is 0 Å². The van der Waals surface area contributed by atoms with Crippen molar-refractivity contribution < 1.29 is 0 Å². The third-order valence-corrected chi connectivity index (χ3v) is 6.45. The Kier molecular flexibility index (Phi) is 2.11. The summed E-state index contributed by atoms with van der Waals surface area (Å²) in [6.07, 6.45) is 12.3. The lowest BCUT2D eigenvalue weighted by Crippen LogP contribution is -2.60. The molecule has 4 bridgehead atoms. The Morgan fingerprint density at radius 3 is 2.53 bits per heavy atom. The number of hydrogen-bond donors (Lipinski definition) is 2. The van der Waals surface area contributed by atoms with Gasteiger partial charge in [-0.15, -0.1) is 0 Å². The lowest BCUT2D eigenvalue weighted by atomic mass is 9.47. The van der Waals surface area contributed by atoms with Gasteiger partial charge in [0.2, 0.25) is 0 Å². The number of rotatable bonds is 3. The highest BCUT2D eigenvalue weighted by molar-refractivity contribution is 5.25. The van der Waals surface area contributed by atoms with Crippen LogP contribution in [0.2, 0.25) is 0 Å². The molecule has 5 fully saturated rings. The number of aromatic nitrogens is 1. The maximum atomic E-state index is 3.99. The maximum Gasteiger partial charge on any atom is 0.0210 e. The van der Waals surface area contributed by atoms with E-state index < -0.39 is 0 Å². The van der Waals surface area contributed by atoms with Crippen molar-refractivity contribution in [3.63, 3.8) is 0 Å². The van der Waals surface area contributed by atoms with Crippen LogP contribution in [0.1, 0.15) is 50.6 Å². The monoisotopic (exact) mass is 256 g/mol. The average molecular weight is 256 g/mol. The van der Waals surface area contributed by atoms with E-state index in [-0.39, 0.29) is 0 Å². The first-order valence-corrected chi connectivity index (χ1v) is 8.22. The second-order valence-corrected chi connectivity index (χ2v) is 7.80. The van der Waals surface area contributed by atoms with Gasteiger partial charge >= 0.3 is 0 Å².